The quantitative estimate of drug-likeness (QED) is 0.705. The molecule has 5 nitrogen and oxygen atoms in total. The zero-order valence-corrected chi connectivity index (χ0v) is 16.7. The molecular weight excluding hydrogens is 338 g/mol. The lowest BCUT2D eigenvalue weighted by Crippen LogP contribution is -2.29. The van der Waals surface area contributed by atoms with Gasteiger partial charge in [0.2, 0.25) is 5.91 Å². The molecule has 1 aromatic carbocycles. The van der Waals surface area contributed by atoms with Crippen molar-refractivity contribution in [3.8, 4) is 0 Å². The lowest BCUT2D eigenvalue weighted by molar-refractivity contribution is -0.133. The van der Waals surface area contributed by atoms with Crippen LogP contribution in [0.4, 0.5) is 0 Å². The van der Waals surface area contributed by atoms with E-state index in [0.717, 1.165) is 32.6 Å². The first kappa shape index (κ1) is 19.6. The summed E-state index contributed by atoms with van der Waals surface area (Å²) in [6.45, 7) is 6.92. The Bertz CT molecular complexity index is 754. The molecule has 0 N–H and O–H groups in total. The van der Waals surface area contributed by atoms with Crippen LogP contribution in [-0.2, 0) is 29.2 Å². The number of hydrogen-bond acceptors (Lipinski definition) is 3. The van der Waals surface area contributed by atoms with Crippen molar-refractivity contribution < 1.29 is 9.53 Å². The first-order valence-electron chi connectivity index (χ1n) is 9.71. The van der Waals surface area contributed by atoms with E-state index in [1.165, 1.54) is 16.8 Å². The van der Waals surface area contributed by atoms with Gasteiger partial charge in [-0.2, -0.15) is 0 Å². The van der Waals surface area contributed by atoms with Gasteiger partial charge in [-0.3, -0.25) is 9.69 Å². The zero-order chi connectivity index (χ0) is 19.2. The average Bonchev–Trinajstić information content (AvgIpc) is 2.98. The van der Waals surface area contributed by atoms with Gasteiger partial charge in [0.25, 0.3) is 0 Å². The van der Waals surface area contributed by atoms with E-state index in [9.17, 15) is 4.79 Å². The van der Waals surface area contributed by atoms with Gasteiger partial charge in [0.05, 0.1) is 0 Å². The van der Waals surface area contributed by atoms with Crippen molar-refractivity contribution in [1.29, 1.82) is 0 Å². The number of aromatic nitrogens is 1. The van der Waals surface area contributed by atoms with Gasteiger partial charge in [-0.05, 0) is 37.0 Å². The van der Waals surface area contributed by atoms with Gasteiger partial charge in [-0.15, -0.1) is 0 Å². The number of ether oxygens (including phenoxy) is 1. The molecule has 0 bridgehead atoms. The number of nitrogens with zero attached hydrogens (tertiary/aromatic N) is 3. The van der Waals surface area contributed by atoms with Crippen LogP contribution in [0.1, 0.15) is 23.2 Å². The van der Waals surface area contributed by atoms with Crippen molar-refractivity contribution >= 4 is 5.91 Å². The topological polar surface area (TPSA) is 37.7 Å². The third-order valence-electron chi connectivity index (χ3n) is 5.16. The Labute approximate surface area is 162 Å². The van der Waals surface area contributed by atoms with Crippen LogP contribution < -0.4 is 0 Å². The van der Waals surface area contributed by atoms with Crippen molar-refractivity contribution in [1.82, 2.24) is 14.4 Å². The smallest absolute Gasteiger partial charge is 0.248 e. The number of fused-ring (bicyclic) bond motifs is 1. The zero-order valence-electron chi connectivity index (χ0n) is 16.7. The van der Waals surface area contributed by atoms with Gasteiger partial charge >= 0.3 is 0 Å². The Morgan fingerprint density at radius 3 is 2.85 bits per heavy atom. The monoisotopic (exact) mass is 369 g/mol. The molecule has 0 spiro atoms. The van der Waals surface area contributed by atoms with Crippen LogP contribution in [0.5, 0.6) is 0 Å². The molecule has 27 heavy (non-hydrogen) atoms. The maximum atomic E-state index is 11.6. The second-order valence-corrected chi connectivity index (χ2v) is 7.81. The fourth-order valence-corrected chi connectivity index (χ4v) is 3.68. The van der Waals surface area contributed by atoms with Crippen LogP contribution in [0, 0.1) is 12.8 Å². The Balaban J connectivity index is 1.60. The van der Waals surface area contributed by atoms with Gasteiger partial charge < -0.3 is 14.2 Å². The lowest BCUT2D eigenvalue weighted by Gasteiger charge is -2.24. The van der Waals surface area contributed by atoms with E-state index in [1.54, 1.807) is 19.0 Å². The fraction of sp³-hybridized carbons (Fsp3) is 0.500. The Kier molecular flexibility index (Phi) is 6.69. The summed E-state index contributed by atoms with van der Waals surface area (Å²) in [5, 5.41) is 0. The minimum absolute atomic E-state index is 0.0182. The largest absolute Gasteiger partial charge is 0.372 e. The molecule has 2 aromatic rings. The number of rotatable bonds is 7. The SMILES string of the molecule is Cc1cccc(CN2Cc3cccn3C[C@H](CCOCC(=O)N(C)C)C2)c1. The van der Waals surface area contributed by atoms with Gasteiger partial charge in [0, 0.05) is 58.8 Å². The van der Waals surface area contributed by atoms with Crippen LogP contribution in [0.25, 0.3) is 0 Å². The van der Waals surface area contributed by atoms with Crippen LogP contribution in [0.3, 0.4) is 0 Å². The minimum Gasteiger partial charge on any atom is -0.372 e. The van der Waals surface area contributed by atoms with Gasteiger partial charge in [-0.1, -0.05) is 29.8 Å². The second kappa shape index (κ2) is 9.20. The highest BCUT2D eigenvalue weighted by Crippen LogP contribution is 2.21. The Hall–Kier alpha value is -2.11. The number of carbonyl (C=O) groups excluding carboxylic acids is 1. The summed E-state index contributed by atoms with van der Waals surface area (Å²) in [4.78, 5) is 15.8. The third-order valence-corrected chi connectivity index (χ3v) is 5.16. The summed E-state index contributed by atoms with van der Waals surface area (Å²) in [6.07, 6.45) is 3.14. The number of benzene rings is 1. The highest BCUT2D eigenvalue weighted by Gasteiger charge is 2.21. The number of amides is 1. The predicted molar refractivity (Wildman–Crippen MR) is 107 cm³/mol. The summed E-state index contributed by atoms with van der Waals surface area (Å²) in [5.74, 6) is 0.530. The molecular formula is C22H31N3O2. The van der Waals surface area contributed by atoms with Crippen molar-refractivity contribution in [2.75, 3.05) is 33.9 Å². The van der Waals surface area contributed by atoms with Gasteiger partial charge in [0.1, 0.15) is 6.61 Å². The van der Waals surface area contributed by atoms with E-state index >= 15 is 0 Å². The summed E-state index contributed by atoms with van der Waals surface area (Å²) < 4.78 is 7.99. The number of carbonyl (C=O) groups is 1. The molecule has 1 aromatic heterocycles. The molecule has 0 unspecified atom stereocenters. The van der Waals surface area contributed by atoms with Crippen molar-refractivity contribution in [2.24, 2.45) is 5.92 Å². The molecule has 0 saturated heterocycles. The van der Waals surface area contributed by atoms with Gasteiger partial charge in [-0.25, -0.2) is 0 Å². The van der Waals surface area contributed by atoms with Crippen molar-refractivity contribution in [3.05, 3.63) is 59.4 Å². The van der Waals surface area contributed by atoms with E-state index in [1.807, 2.05) is 0 Å². The molecule has 1 amide bonds. The summed E-state index contributed by atoms with van der Waals surface area (Å²) in [7, 11) is 3.52. The van der Waals surface area contributed by atoms with Crippen molar-refractivity contribution in [3.63, 3.8) is 0 Å². The molecule has 2 heterocycles. The average molecular weight is 370 g/mol. The van der Waals surface area contributed by atoms with Crippen LogP contribution >= 0.6 is 0 Å². The second-order valence-electron chi connectivity index (χ2n) is 7.81. The molecule has 0 fully saturated rings. The molecule has 0 radical (unpaired) electrons. The molecule has 3 rings (SSSR count). The van der Waals surface area contributed by atoms with Crippen LogP contribution in [-0.4, -0.2) is 54.1 Å². The molecule has 1 atom stereocenters. The standard InChI is InChI=1S/C22H31N3O2/c1-18-6-4-7-19(12-18)13-24-14-20(9-11-27-17-22(26)23(2)3)15-25-10-5-8-21(25)16-24/h4-8,10,12,20H,9,11,13-17H2,1-3H3/t20-/m1/s1. The maximum Gasteiger partial charge on any atom is 0.248 e. The lowest BCUT2D eigenvalue weighted by atomic mass is 10.0. The molecule has 1 aliphatic heterocycles. The predicted octanol–water partition coefficient (Wildman–Crippen LogP) is 2.92. The molecule has 146 valence electrons. The minimum atomic E-state index is 0.0182. The molecule has 1 aliphatic rings. The van der Waals surface area contributed by atoms with E-state index in [4.69, 9.17) is 4.74 Å². The van der Waals surface area contributed by atoms with E-state index in [2.05, 4.69) is 59.0 Å². The summed E-state index contributed by atoms with van der Waals surface area (Å²) in [6, 6.07) is 13.1. The number of aryl methyl sites for hydroxylation is 1. The van der Waals surface area contributed by atoms with E-state index in [-0.39, 0.29) is 12.5 Å². The van der Waals surface area contributed by atoms with Crippen molar-refractivity contribution in [2.45, 2.75) is 33.0 Å². The highest BCUT2D eigenvalue weighted by molar-refractivity contribution is 5.76. The normalized spacial score (nSPS) is 17.4. The summed E-state index contributed by atoms with van der Waals surface area (Å²) in [5.41, 5.74) is 4.04. The maximum absolute atomic E-state index is 11.6. The molecule has 0 saturated carbocycles. The van der Waals surface area contributed by atoms with Gasteiger partial charge in [0.15, 0.2) is 0 Å². The fourth-order valence-electron chi connectivity index (χ4n) is 3.68. The van der Waals surface area contributed by atoms with Crippen LogP contribution in [0.2, 0.25) is 0 Å². The first-order valence-corrected chi connectivity index (χ1v) is 9.71. The Morgan fingerprint density at radius 1 is 1.22 bits per heavy atom. The molecule has 5 heteroatoms. The first-order chi connectivity index (χ1) is 13.0. The number of hydrogen-bond donors (Lipinski definition) is 0. The summed E-state index contributed by atoms with van der Waals surface area (Å²) >= 11 is 0. The Morgan fingerprint density at radius 2 is 2.07 bits per heavy atom. The molecule has 0 aliphatic carbocycles. The van der Waals surface area contributed by atoms with Crippen LogP contribution in [0.15, 0.2) is 42.6 Å². The number of likely N-dealkylation sites (N-methyl/N-ethyl adjacent to an activating group) is 1. The van der Waals surface area contributed by atoms with E-state index in [0.29, 0.717) is 12.5 Å². The third kappa shape index (κ3) is 5.68. The highest BCUT2D eigenvalue weighted by atomic mass is 16.5. The van der Waals surface area contributed by atoms with E-state index < -0.39 is 0 Å².